The molecule has 1 aromatic carbocycles. The molecule has 0 fully saturated rings. The van der Waals surface area contributed by atoms with Crippen molar-refractivity contribution in [1.82, 2.24) is 15.4 Å². The van der Waals surface area contributed by atoms with Crippen LogP contribution in [0.2, 0.25) is 0 Å². The Morgan fingerprint density at radius 1 is 0.794 bits per heavy atom. The van der Waals surface area contributed by atoms with Gasteiger partial charge in [-0.1, -0.05) is 76.8 Å². The lowest BCUT2D eigenvalue weighted by molar-refractivity contribution is -0.194. The summed E-state index contributed by atoms with van der Waals surface area (Å²) in [5.74, 6) is -0.409. The Morgan fingerprint density at radius 3 is 1.88 bits per heavy atom. The first-order valence-electron chi connectivity index (χ1n) is 12.8. The van der Waals surface area contributed by atoms with Crippen molar-refractivity contribution in [1.29, 1.82) is 0 Å². The lowest BCUT2D eigenvalue weighted by Crippen LogP contribution is -2.26. The van der Waals surface area contributed by atoms with Crippen molar-refractivity contribution in [2.24, 2.45) is 0 Å². The van der Waals surface area contributed by atoms with Crippen LogP contribution in [0, 0.1) is 0 Å². The van der Waals surface area contributed by atoms with E-state index in [1.54, 1.807) is 17.5 Å². The summed E-state index contributed by atoms with van der Waals surface area (Å²) >= 11 is 0. The van der Waals surface area contributed by atoms with Crippen molar-refractivity contribution in [2.75, 3.05) is 6.54 Å². The van der Waals surface area contributed by atoms with Crippen LogP contribution in [0.25, 0.3) is 0 Å². The third-order valence-electron chi connectivity index (χ3n) is 5.76. The molecule has 0 aliphatic carbocycles. The van der Waals surface area contributed by atoms with E-state index in [0.29, 0.717) is 25.2 Å². The predicted molar refractivity (Wildman–Crippen MR) is 136 cm³/mol. The molecule has 1 N–H and O–H groups in total. The second-order valence-corrected chi connectivity index (χ2v) is 8.87. The molecule has 0 atom stereocenters. The monoisotopic (exact) mass is 467 g/mol. The zero-order valence-electron chi connectivity index (χ0n) is 20.9. The second-order valence-electron chi connectivity index (χ2n) is 8.87. The third kappa shape index (κ3) is 11.9. The van der Waals surface area contributed by atoms with Gasteiger partial charge in [0.15, 0.2) is 0 Å². The number of unbranched alkanes of at least 4 members (excludes halogenated alkanes) is 9. The zero-order valence-corrected chi connectivity index (χ0v) is 20.9. The largest absolute Gasteiger partial charge is 0.368 e. The van der Waals surface area contributed by atoms with E-state index in [1.165, 1.54) is 58.3 Å². The van der Waals surface area contributed by atoms with E-state index in [9.17, 15) is 9.59 Å². The highest BCUT2D eigenvalue weighted by molar-refractivity contribution is 5.94. The number of rotatable bonds is 17. The fourth-order valence-corrected chi connectivity index (χ4v) is 3.88. The van der Waals surface area contributed by atoms with E-state index in [-0.39, 0.29) is 11.9 Å². The van der Waals surface area contributed by atoms with Crippen LogP contribution in [-0.4, -0.2) is 28.5 Å². The molecule has 0 aliphatic rings. The van der Waals surface area contributed by atoms with E-state index in [0.717, 1.165) is 24.0 Å². The summed E-state index contributed by atoms with van der Waals surface area (Å²) in [6.45, 7) is 5.25. The van der Waals surface area contributed by atoms with Gasteiger partial charge in [0.05, 0.1) is 13.1 Å². The van der Waals surface area contributed by atoms with Gasteiger partial charge in [0.25, 0.3) is 5.91 Å². The Morgan fingerprint density at radius 2 is 1.32 bits per heavy atom. The van der Waals surface area contributed by atoms with Gasteiger partial charge in [-0.05, 0) is 41.8 Å². The first-order valence-corrected chi connectivity index (χ1v) is 12.8. The maximum absolute atomic E-state index is 12.4. The van der Waals surface area contributed by atoms with Crippen molar-refractivity contribution in [3.05, 3.63) is 65.5 Å². The molecule has 0 saturated heterocycles. The van der Waals surface area contributed by atoms with Crippen molar-refractivity contribution in [3.63, 3.8) is 0 Å². The minimum absolute atomic E-state index is 0.0453. The van der Waals surface area contributed by atoms with Crippen LogP contribution >= 0.6 is 0 Å². The van der Waals surface area contributed by atoms with E-state index in [2.05, 4.69) is 17.2 Å². The lowest BCUT2D eigenvalue weighted by Gasteiger charge is -2.20. The summed E-state index contributed by atoms with van der Waals surface area (Å²) < 4.78 is 0. The molecule has 1 heterocycles. The maximum atomic E-state index is 12.4. The van der Waals surface area contributed by atoms with Gasteiger partial charge in [0.2, 0.25) is 0 Å². The van der Waals surface area contributed by atoms with Crippen molar-refractivity contribution < 1.29 is 14.4 Å². The number of hydrogen-bond donors (Lipinski definition) is 1. The fraction of sp³-hybridized carbons (Fsp3) is 0.536. The van der Waals surface area contributed by atoms with Crippen molar-refractivity contribution in [3.8, 4) is 0 Å². The molecule has 1 amide bonds. The molecule has 34 heavy (non-hydrogen) atoms. The number of nitrogens with zero attached hydrogens (tertiary/aromatic N) is 2. The predicted octanol–water partition coefficient (Wildman–Crippen LogP) is 6.21. The SMILES string of the molecule is CCCCCCCCCCCCNC(=O)c1ccc(CN(Cc2ccncc2)OC(C)=O)cc1. The zero-order chi connectivity index (χ0) is 24.4. The number of hydroxylamine groups is 2. The molecule has 0 radical (unpaired) electrons. The van der Waals surface area contributed by atoms with Gasteiger partial charge in [0.1, 0.15) is 0 Å². The van der Waals surface area contributed by atoms with E-state index in [1.807, 2.05) is 36.4 Å². The molecule has 186 valence electrons. The van der Waals surface area contributed by atoms with Crippen LogP contribution in [0.1, 0.15) is 99.5 Å². The van der Waals surface area contributed by atoms with Crippen molar-refractivity contribution in [2.45, 2.75) is 91.1 Å². The normalized spacial score (nSPS) is 10.9. The number of aromatic nitrogens is 1. The van der Waals surface area contributed by atoms with E-state index < -0.39 is 0 Å². The van der Waals surface area contributed by atoms with Gasteiger partial charge < -0.3 is 10.2 Å². The molecular formula is C28H41N3O3. The topological polar surface area (TPSA) is 71.5 Å². The highest BCUT2D eigenvalue weighted by atomic mass is 16.7. The smallest absolute Gasteiger partial charge is 0.322 e. The molecule has 2 rings (SSSR count). The average Bonchev–Trinajstić information content (AvgIpc) is 2.83. The van der Waals surface area contributed by atoms with Gasteiger partial charge in [-0.2, -0.15) is 0 Å². The number of amides is 1. The fourth-order valence-electron chi connectivity index (χ4n) is 3.88. The summed E-state index contributed by atoms with van der Waals surface area (Å²) in [6.07, 6.45) is 16.3. The van der Waals surface area contributed by atoms with Gasteiger partial charge >= 0.3 is 5.97 Å². The van der Waals surface area contributed by atoms with Gasteiger partial charge in [-0.25, -0.2) is 0 Å². The lowest BCUT2D eigenvalue weighted by atomic mass is 10.1. The Bertz CT molecular complexity index is 825. The standard InChI is InChI=1S/C28H41N3O3/c1-3-4-5-6-7-8-9-10-11-12-19-30-28(33)27-15-13-25(14-16-27)22-31(34-24(2)32)23-26-17-20-29-21-18-26/h13-18,20-21H,3-12,19,22-23H2,1-2H3,(H,30,33). The van der Waals surface area contributed by atoms with Gasteiger partial charge in [-0.15, -0.1) is 5.06 Å². The summed E-state index contributed by atoms with van der Waals surface area (Å²) in [4.78, 5) is 33.3. The Labute approximate surface area is 205 Å². The summed E-state index contributed by atoms with van der Waals surface area (Å²) in [5.41, 5.74) is 2.60. The Balaban J connectivity index is 1.67. The number of carbonyl (C=O) groups excluding carboxylic acids is 2. The molecule has 0 bridgehead atoms. The van der Waals surface area contributed by atoms with Crippen LogP contribution in [0.3, 0.4) is 0 Å². The third-order valence-corrected chi connectivity index (χ3v) is 5.76. The molecule has 6 nitrogen and oxygen atoms in total. The van der Waals surface area contributed by atoms with Crippen LogP contribution in [-0.2, 0) is 22.7 Å². The number of carbonyl (C=O) groups is 2. The van der Waals surface area contributed by atoms with Crippen molar-refractivity contribution >= 4 is 11.9 Å². The summed E-state index contributed by atoms with van der Waals surface area (Å²) in [7, 11) is 0. The Hall–Kier alpha value is -2.73. The first-order chi connectivity index (χ1) is 16.6. The number of benzene rings is 1. The van der Waals surface area contributed by atoms with Crippen LogP contribution in [0.4, 0.5) is 0 Å². The van der Waals surface area contributed by atoms with Crippen LogP contribution < -0.4 is 5.32 Å². The number of hydrogen-bond acceptors (Lipinski definition) is 5. The van der Waals surface area contributed by atoms with E-state index in [4.69, 9.17) is 4.84 Å². The summed E-state index contributed by atoms with van der Waals surface area (Å²) in [5, 5.41) is 4.63. The first kappa shape index (κ1) is 27.5. The Kier molecular flexibility index (Phi) is 13.6. The average molecular weight is 468 g/mol. The minimum Gasteiger partial charge on any atom is -0.368 e. The van der Waals surface area contributed by atoms with Gasteiger partial charge in [0, 0.05) is 31.4 Å². The minimum atomic E-state index is -0.364. The second kappa shape index (κ2) is 16.8. The molecule has 0 saturated carbocycles. The van der Waals surface area contributed by atoms with E-state index >= 15 is 0 Å². The quantitative estimate of drug-likeness (QED) is 0.221. The number of pyridine rings is 1. The highest BCUT2D eigenvalue weighted by Gasteiger charge is 2.12. The molecule has 2 aromatic rings. The molecular weight excluding hydrogens is 426 g/mol. The summed E-state index contributed by atoms with van der Waals surface area (Å²) in [6, 6.07) is 11.2. The molecule has 0 unspecified atom stereocenters. The molecule has 1 aromatic heterocycles. The number of nitrogens with one attached hydrogen (secondary N) is 1. The maximum Gasteiger partial charge on any atom is 0.322 e. The molecule has 0 aliphatic heterocycles. The van der Waals surface area contributed by atoms with Crippen LogP contribution in [0.15, 0.2) is 48.8 Å². The highest BCUT2D eigenvalue weighted by Crippen LogP contribution is 2.13. The molecule has 0 spiro atoms. The van der Waals surface area contributed by atoms with Gasteiger partial charge in [-0.3, -0.25) is 14.6 Å². The van der Waals surface area contributed by atoms with Crippen LogP contribution in [0.5, 0.6) is 0 Å². The molecule has 6 heteroatoms.